The van der Waals surface area contributed by atoms with Gasteiger partial charge in [0.05, 0.1) is 0 Å². The van der Waals surface area contributed by atoms with Gasteiger partial charge in [0.15, 0.2) is 0 Å². The molecule has 2 heteroatoms. The molecule has 0 N–H and O–H groups in total. The minimum atomic E-state index is -0.132. The van der Waals surface area contributed by atoms with Crippen LogP contribution in [0.4, 0.5) is 4.39 Å². The lowest BCUT2D eigenvalue weighted by atomic mass is 10.2. The van der Waals surface area contributed by atoms with Crippen molar-refractivity contribution in [3.63, 3.8) is 0 Å². The van der Waals surface area contributed by atoms with Crippen LogP contribution in [0.2, 0.25) is 0 Å². The minimum absolute atomic E-state index is 0.132. The fourth-order valence-electron chi connectivity index (χ4n) is 2.41. The summed E-state index contributed by atoms with van der Waals surface area (Å²) in [6.45, 7) is 5.38. The molecule has 0 aromatic heterocycles. The van der Waals surface area contributed by atoms with E-state index in [4.69, 9.17) is 0 Å². The Kier molecular flexibility index (Phi) is 3.06. The molecule has 15 heavy (non-hydrogen) atoms. The van der Waals surface area contributed by atoms with Gasteiger partial charge in [-0.1, -0.05) is 12.1 Å². The zero-order chi connectivity index (χ0) is 10.8. The molecule has 1 aliphatic heterocycles. The molecule has 1 aromatic carbocycles. The van der Waals surface area contributed by atoms with Crippen LogP contribution in [0.5, 0.6) is 0 Å². The van der Waals surface area contributed by atoms with Crippen LogP contribution in [0.15, 0.2) is 24.3 Å². The topological polar surface area (TPSA) is 3.24 Å². The third-order valence-electron chi connectivity index (χ3n) is 3.39. The Bertz CT molecular complexity index is 327. The van der Waals surface area contributed by atoms with Crippen molar-refractivity contribution in [1.82, 2.24) is 4.90 Å². The quantitative estimate of drug-likeness (QED) is 0.720. The van der Waals surface area contributed by atoms with Crippen molar-refractivity contribution >= 4 is 0 Å². The molecule has 1 saturated heterocycles. The first-order chi connectivity index (χ1) is 7.16. The number of nitrogens with zero attached hydrogens (tertiary/aromatic N) is 1. The molecule has 0 bridgehead atoms. The third-order valence-corrected chi connectivity index (χ3v) is 3.39. The van der Waals surface area contributed by atoms with Gasteiger partial charge in [-0.25, -0.2) is 4.39 Å². The molecule has 0 spiro atoms. The average Bonchev–Trinajstić information content (AvgIpc) is 2.50. The highest BCUT2D eigenvalue weighted by atomic mass is 19.1. The van der Waals surface area contributed by atoms with Crippen molar-refractivity contribution in [2.24, 2.45) is 0 Å². The summed E-state index contributed by atoms with van der Waals surface area (Å²) < 4.78 is 13.0. The van der Waals surface area contributed by atoms with Crippen LogP contribution in [0.1, 0.15) is 32.3 Å². The van der Waals surface area contributed by atoms with Gasteiger partial charge in [-0.3, -0.25) is 4.90 Å². The van der Waals surface area contributed by atoms with E-state index in [9.17, 15) is 4.39 Å². The van der Waals surface area contributed by atoms with Gasteiger partial charge < -0.3 is 0 Å². The van der Waals surface area contributed by atoms with Crippen LogP contribution in [0, 0.1) is 5.82 Å². The maximum atomic E-state index is 13.0. The fraction of sp³-hybridized carbons (Fsp3) is 0.538. The molecule has 2 unspecified atom stereocenters. The molecule has 2 atom stereocenters. The second-order valence-electron chi connectivity index (χ2n) is 4.58. The third kappa shape index (κ3) is 2.37. The van der Waals surface area contributed by atoms with Crippen molar-refractivity contribution in [2.45, 2.75) is 45.3 Å². The molecule has 0 amide bonds. The van der Waals surface area contributed by atoms with Crippen LogP contribution < -0.4 is 0 Å². The number of benzene rings is 1. The molecule has 1 heterocycles. The largest absolute Gasteiger partial charge is 0.294 e. The Morgan fingerprint density at radius 1 is 1.27 bits per heavy atom. The number of likely N-dealkylation sites (tertiary alicyclic amines) is 1. The van der Waals surface area contributed by atoms with Crippen molar-refractivity contribution in [2.75, 3.05) is 0 Å². The van der Waals surface area contributed by atoms with Crippen molar-refractivity contribution in [3.8, 4) is 0 Å². The molecule has 1 nitrogen and oxygen atoms in total. The Labute approximate surface area is 90.9 Å². The molecule has 0 radical (unpaired) electrons. The highest BCUT2D eigenvalue weighted by molar-refractivity contribution is 5.16. The van der Waals surface area contributed by atoms with Crippen molar-refractivity contribution in [1.29, 1.82) is 0 Å². The van der Waals surface area contributed by atoms with E-state index in [0.717, 1.165) is 12.1 Å². The number of rotatable bonds is 2. The van der Waals surface area contributed by atoms with Gasteiger partial charge >= 0.3 is 0 Å². The lowest BCUT2D eigenvalue weighted by Crippen LogP contribution is -2.31. The lowest BCUT2D eigenvalue weighted by Gasteiger charge is -2.25. The first-order valence-electron chi connectivity index (χ1n) is 5.67. The Morgan fingerprint density at radius 3 is 2.53 bits per heavy atom. The highest BCUT2D eigenvalue weighted by Gasteiger charge is 2.26. The molecule has 1 fully saturated rings. The van der Waals surface area contributed by atoms with E-state index in [1.807, 2.05) is 6.07 Å². The van der Waals surface area contributed by atoms with Gasteiger partial charge in [0.2, 0.25) is 0 Å². The van der Waals surface area contributed by atoms with Crippen LogP contribution in [0.25, 0.3) is 0 Å². The summed E-state index contributed by atoms with van der Waals surface area (Å²) >= 11 is 0. The lowest BCUT2D eigenvalue weighted by molar-refractivity contribution is 0.205. The van der Waals surface area contributed by atoms with Gasteiger partial charge in [0.25, 0.3) is 0 Å². The summed E-state index contributed by atoms with van der Waals surface area (Å²) in [6, 6.07) is 8.18. The van der Waals surface area contributed by atoms with E-state index in [1.54, 1.807) is 12.1 Å². The van der Waals surface area contributed by atoms with Crippen LogP contribution in [-0.4, -0.2) is 17.0 Å². The van der Waals surface area contributed by atoms with E-state index < -0.39 is 0 Å². The molecule has 1 aromatic rings. The average molecular weight is 207 g/mol. The first-order valence-corrected chi connectivity index (χ1v) is 5.67. The van der Waals surface area contributed by atoms with Crippen LogP contribution in [0.3, 0.4) is 0 Å². The maximum Gasteiger partial charge on any atom is 0.123 e. The predicted molar refractivity (Wildman–Crippen MR) is 60.1 cm³/mol. The van der Waals surface area contributed by atoms with Gasteiger partial charge in [-0.15, -0.1) is 0 Å². The zero-order valence-corrected chi connectivity index (χ0v) is 9.41. The molecule has 0 saturated carbocycles. The standard InChI is InChI=1S/C13H18FN/c1-10-6-7-11(2)15(10)9-12-4-3-5-13(14)8-12/h3-5,8,10-11H,6-7,9H2,1-2H3. The van der Waals surface area contributed by atoms with Crippen molar-refractivity contribution in [3.05, 3.63) is 35.6 Å². The number of hydrogen-bond donors (Lipinski definition) is 0. The second kappa shape index (κ2) is 4.31. The van der Waals surface area contributed by atoms with Crippen LogP contribution in [-0.2, 0) is 6.54 Å². The molecular formula is C13H18FN. The van der Waals surface area contributed by atoms with Crippen LogP contribution >= 0.6 is 0 Å². The predicted octanol–water partition coefficient (Wildman–Crippen LogP) is 3.20. The number of halogens is 1. The summed E-state index contributed by atoms with van der Waals surface area (Å²) in [7, 11) is 0. The SMILES string of the molecule is CC1CCC(C)N1Cc1cccc(F)c1. The summed E-state index contributed by atoms with van der Waals surface area (Å²) in [5, 5.41) is 0. The molecule has 0 aliphatic carbocycles. The van der Waals surface area contributed by atoms with Crippen molar-refractivity contribution < 1.29 is 4.39 Å². The zero-order valence-electron chi connectivity index (χ0n) is 9.41. The van der Waals surface area contributed by atoms with Gasteiger partial charge in [-0.2, -0.15) is 0 Å². The summed E-state index contributed by atoms with van der Waals surface area (Å²) in [6.07, 6.45) is 2.52. The smallest absolute Gasteiger partial charge is 0.123 e. The fourth-order valence-corrected chi connectivity index (χ4v) is 2.41. The summed E-state index contributed by atoms with van der Waals surface area (Å²) in [5.74, 6) is -0.132. The Hall–Kier alpha value is -0.890. The molecule has 82 valence electrons. The molecule has 1 aliphatic rings. The monoisotopic (exact) mass is 207 g/mol. The van der Waals surface area contributed by atoms with E-state index >= 15 is 0 Å². The van der Waals surface area contributed by atoms with E-state index in [-0.39, 0.29) is 5.82 Å². The van der Waals surface area contributed by atoms with E-state index in [1.165, 1.54) is 18.9 Å². The van der Waals surface area contributed by atoms with Gasteiger partial charge in [-0.05, 0) is 44.4 Å². The molecular weight excluding hydrogens is 189 g/mol. The van der Waals surface area contributed by atoms with Gasteiger partial charge in [0, 0.05) is 18.6 Å². The summed E-state index contributed by atoms with van der Waals surface area (Å²) in [5.41, 5.74) is 1.08. The maximum absolute atomic E-state index is 13.0. The second-order valence-corrected chi connectivity index (χ2v) is 4.58. The van der Waals surface area contributed by atoms with E-state index in [0.29, 0.717) is 12.1 Å². The first kappa shape index (κ1) is 10.6. The number of hydrogen-bond acceptors (Lipinski definition) is 1. The molecule has 2 rings (SSSR count). The highest BCUT2D eigenvalue weighted by Crippen LogP contribution is 2.25. The minimum Gasteiger partial charge on any atom is -0.294 e. The normalized spacial score (nSPS) is 27.1. The Morgan fingerprint density at radius 2 is 1.93 bits per heavy atom. The van der Waals surface area contributed by atoms with Gasteiger partial charge in [0.1, 0.15) is 5.82 Å². The summed E-state index contributed by atoms with van der Waals surface area (Å²) in [4.78, 5) is 2.45. The van der Waals surface area contributed by atoms with E-state index in [2.05, 4.69) is 18.7 Å². The Balaban J connectivity index is 2.08.